The lowest BCUT2D eigenvalue weighted by Crippen LogP contribution is -2.14. The Balaban J connectivity index is 0. The fourth-order valence-electron chi connectivity index (χ4n) is 0.277. The average molecular weight is 163 g/mol. The zero-order valence-corrected chi connectivity index (χ0v) is 7.76. The first-order chi connectivity index (χ1) is 4.66. The van der Waals surface area contributed by atoms with Crippen molar-refractivity contribution in [2.24, 2.45) is 0 Å². The van der Waals surface area contributed by atoms with Gasteiger partial charge < -0.3 is 5.09 Å². The highest BCUT2D eigenvalue weighted by Gasteiger charge is 1.99. The van der Waals surface area contributed by atoms with Crippen LogP contribution in [0.15, 0.2) is 0 Å². The van der Waals surface area contributed by atoms with E-state index in [4.69, 9.17) is 0 Å². The minimum absolute atomic E-state index is 0.0243. The van der Waals surface area contributed by atoms with Crippen molar-refractivity contribution in [3.8, 4) is 0 Å². The monoisotopic (exact) mass is 163 g/mol. The molecule has 0 aromatic heterocycles. The summed E-state index contributed by atoms with van der Waals surface area (Å²) >= 11 is 0. The smallest absolute Gasteiger partial charge is 0.230 e. The molecule has 0 aliphatic heterocycles. The zero-order valence-electron chi connectivity index (χ0n) is 6.60. The van der Waals surface area contributed by atoms with Crippen LogP contribution in [0.5, 0.6) is 0 Å². The SMILES string of the molecule is CC.CC(=O)CC(=O)NP. The quantitative estimate of drug-likeness (QED) is 0.485. The van der Waals surface area contributed by atoms with Gasteiger partial charge in [-0.3, -0.25) is 9.59 Å². The van der Waals surface area contributed by atoms with Crippen LogP contribution in [-0.4, -0.2) is 11.7 Å². The Hall–Kier alpha value is -0.430. The molecule has 4 heteroatoms. The number of hydrogen-bond donors (Lipinski definition) is 1. The predicted octanol–water partition coefficient (Wildman–Crippen LogP) is 0.898. The van der Waals surface area contributed by atoms with Crippen molar-refractivity contribution in [1.82, 2.24) is 5.09 Å². The van der Waals surface area contributed by atoms with E-state index in [1.165, 1.54) is 6.92 Å². The van der Waals surface area contributed by atoms with E-state index in [9.17, 15) is 9.59 Å². The van der Waals surface area contributed by atoms with Crippen LogP contribution in [0.1, 0.15) is 27.2 Å². The molecular weight excluding hydrogens is 149 g/mol. The van der Waals surface area contributed by atoms with Gasteiger partial charge in [0, 0.05) is 0 Å². The Bertz CT molecular complexity index is 114. The molecule has 0 saturated carbocycles. The number of amides is 1. The first kappa shape index (κ1) is 12.3. The first-order valence-electron chi connectivity index (χ1n) is 3.15. The molecule has 1 atom stereocenters. The first-order valence-corrected chi connectivity index (χ1v) is 3.73. The van der Waals surface area contributed by atoms with Crippen LogP contribution in [0.3, 0.4) is 0 Å². The Morgan fingerprint density at radius 2 is 1.80 bits per heavy atom. The summed E-state index contributed by atoms with van der Waals surface area (Å²) in [4.78, 5) is 20.4. The standard InChI is InChI=1S/C4H8NO2P.C2H6/c1-3(6)2-4(7)5-8;1-2/h2,8H2,1H3,(H,5,7);1-2H3. The van der Waals surface area contributed by atoms with E-state index in [2.05, 4.69) is 5.09 Å². The molecule has 0 bridgehead atoms. The molecule has 0 aromatic rings. The summed E-state index contributed by atoms with van der Waals surface area (Å²) in [5.41, 5.74) is 0. The molecule has 1 unspecified atom stereocenters. The molecule has 3 nitrogen and oxygen atoms in total. The van der Waals surface area contributed by atoms with Crippen LogP contribution in [0, 0.1) is 0 Å². The molecule has 0 aliphatic rings. The third kappa shape index (κ3) is 10.5. The molecular formula is C6H14NO2P. The molecule has 0 rings (SSSR count). The summed E-state index contributed by atoms with van der Waals surface area (Å²) < 4.78 is 0. The summed E-state index contributed by atoms with van der Waals surface area (Å²) in [5, 5.41) is 2.25. The topological polar surface area (TPSA) is 46.2 Å². The zero-order chi connectivity index (χ0) is 8.57. The van der Waals surface area contributed by atoms with E-state index >= 15 is 0 Å². The minimum atomic E-state index is -0.262. The Labute approximate surface area is 63.8 Å². The van der Waals surface area contributed by atoms with Crippen LogP contribution in [0.25, 0.3) is 0 Å². The lowest BCUT2D eigenvalue weighted by molar-refractivity contribution is -0.125. The van der Waals surface area contributed by atoms with Crippen molar-refractivity contribution in [2.45, 2.75) is 27.2 Å². The number of carbonyl (C=O) groups is 2. The third-order valence-corrected chi connectivity index (χ3v) is 0.892. The van der Waals surface area contributed by atoms with Gasteiger partial charge in [0.15, 0.2) is 0 Å². The number of rotatable bonds is 2. The molecule has 60 valence electrons. The Morgan fingerprint density at radius 3 is 1.90 bits per heavy atom. The van der Waals surface area contributed by atoms with Gasteiger partial charge in [0.05, 0.1) is 6.42 Å². The third-order valence-electron chi connectivity index (χ3n) is 0.570. The maximum atomic E-state index is 10.3. The van der Waals surface area contributed by atoms with Gasteiger partial charge in [-0.1, -0.05) is 13.8 Å². The van der Waals surface area contributed by atoms with Crippen molar-refractivity contribution < 1.29 is 9.59 Å². The van der Waals surface area contributed by atoms with Gasteiger partial charge in [0.25, 0.3) is 0 Å². The highest BCUT2D eigenvalue weighted by atomic mass is 31.0. The molecule has 1 amide bonds. The summed E-state index contributed by atoms with van der Waals surface area (Å²) in [6, 6.07) is 0. The van der Waals surface area contributed by atoms with E-state index in [-0.39, 0.29) is 18.1 Å². The Morgan fingerprint density at radius 1 is 1.40 bits per heavy atom. The van der Waals surface area contributed by atoms with Gasteiger partial charge in [0.1, 0.15) is 5.78 Å². The molecule has 0 aromatic carbocycles. The predicted molar refractivity (Wildman–Crippen MR) is 44.5 cm³/mol. The van der Waals surface area contributed by atoms with Crippen LogP contribution in [-0.2, 0) is 9.59 Å². The van der Waals surface area contributed by atoms with Crippen molar-refractivity contribution in [3.63, 3.8) is 0 Å². The number of ketones is 1. The Kier molecular flexibility index (Phi) is 10.5. The normalized spacial score (nSPS) is 7.20. The molecule has 0 fully saturated rings. The van der Waals surface area contributed by atoms with Crippen molar-refractivity contribution in [2.75, 3.05) is 0 Å². The molecule has 0 spiro atoms. The maximum absolute atomic E-state index is 10.3. The van der Waals surface area contributed by atoms with Gasteiger partial charge >= 0.3 is 0 Å². The number of hydrogen-bond acceptors (Lipinski definition) is 2. The molecule has 0 saturated heterocycles. The number of carbonyl (C=O) groups excluding carboxylic acids is 2. The molecule has 0 radical (unpaired) electrons. The van der Waals surface area contributed by atoms with Crippen LogP contribution in [0.4, 0.5) is 0 Å². The minimum Gasteiger partial charge on any atom is -0.340 e. The lowest BCUT2D eigenvalue weighted by atomic mass is 10.3. The van der Waals surface area contributed by atoms with Crippen molar-refractivity contribution in [3.05, 3.63) is 0 Å². The van der Waals surface area contributed by atoms with Crippen LogP contribution in [0.2, 0.25) is 0 Å². The van der Waals surface area contributed by atoms with E-state index in [0.717, 1.165) is 0 Å². The van der Waals surface area contributed by atoms with Crippen molar-refractivity contribution >= 4 is 21.1 Å². The average Bonchev–Trinajstić information content (AvgIpc) is 1.91. The largest absolute Gasteiger partial charge is 0.340 e. The van der Waals surface area contributed by atoms with E-state index in [1.807, 2.05) is 23.2 Å². The van der Waals surface area contributed by atoms with Gasteiger partial charge in [-0.05, 0) is 16.3 Å². The van der Waals surface area contributed by atoms with Gasteiger partial charge in [-0.15, -0.1) is 0 Å². The highest BCUT2D eigenvalue weighted by molar-refractivity contribution is 7.15. The molecule has 0 aliphatic carbocycles. The summed E-state index contributed by atoms with van der Waals surface area (Å²) in [7, 11) is 2.03. The second-order valence-electron chi connectivity index (χ2n) is 1.45. The highest BCUT2D eigenvalue weighted by Crippen LogP contribution is 1.82. The molecule has 10 heavy (non-hydrogen) atoms. The summed E-state index contributed by atoms with van der Waals surface area (Å²) in [5.74, 6) is -0.382. The molecule has 0 heterocycles. The molecule has 1 N–H and O–H groups in total. The summed E-state index contributed by atoms with van der Waals surface area (Å²) in [6.07, 6.45) is -0.0243. The van der Waals surface area contributed by atoms with Gasteiger partial charge in [-0.2, -0.15) is 0 Å². The fourth-order valence-corrected chi connectivity index (χ4v) is 0.379. The second kappa shape index (κ2) is 8.57. The second-order valence-corrected chi connectivity index (χ2v) is 1.73. The van der Waals surface area contributed by atoms with E-state index in [1.54, 1.807) is 0 Å². The maximum Gasteiger partial charge on any atom is 0.230 e. The lowest BCUT2D eigenvalue weighted by Gasteiger charge is -1.91. The van der Waals surface area contributed by atoms with Crippen LogP contribution >= 0.6 is 9.39 Å². The van der Waals surface area contributed by atoms with E-state index < -0.39 is 0 Å². The van der Waals surface area contributed by atoms with Gasteiger partial charge in [0.2, 0.25) is 5.91 Å². The number of nitrogens with one attached hydrogen (secondary N) is 1. The number of Topliss-reactive ketones (excluding diaryl/α,β-unsaturated/α-hetero) is 1. The summed E-state index contributed by atoms with van der Waals surface area (Å²) in [6.45, 7) is 5.37. The fraction of sp³-hybridized carbons (Fsp3) is 0.667. The van der Waals surface area contributed by atoms with Crippen LogP contribution < -0.4 is 5.09 Å². The van der Waals surface area contributed by atoms with Gasteiger partial charge in [-0.25, -0.2) is 0 Å². The van der Waals surface area contributed by atoms with Crippen molar-refractivity contribution in [1.29, 1.82) is 0 Å². The van der Waals surface area contributed by atoms with E-state index in [0.29, 0.717) is 0 Å².